The molecule has 8 heteroatoms. The van der Waals surface area contributed by atoms with Gasteiger partial charge in [0.1, 0.15) is 5.82 Å². The first kappa shape index (κ1) is 18.8. The third-order valence-electron chi connectivity index (χ3n) is 4.61. The number of hydrogen-bond acceptors (Lipinski definition) is 5. The van der Waals surface area contributed by atoms with Gasteiger partial charge in [-0.1, -0.05) is 18.2 Å². The van der Waals surface area contributed by atoms with Crippen molar-refractivity contribution in [2.75, 3.05) is 18.5 Å². The SMILES string of the molecule is O=C(COC(=O)CCN1C(=O)[C@H]2CC=CC[C@@H]2C1=O)Nc1cccc(F)c1. The predicted octanol–water partition coefficient (Wildman–Crippen LogP) is 1.65. The van der Waals surface area contributed by atoms with E-state index in [1.165, 1.54) is 18.2 Å². The van der Waals surface area contributed by atoms with E-state index in [0.717, 1.165) is 11.0 Å². The number of likely N-dealkylation sites (tertiary alicyclic amines) is 1. The summed E-state index contributed by atoms with van der Waals surface area (Å²) < 4.78 is 17.9. The number of imide groups is 1. The predicted molar refractivity (Wildman–Crippen MR) is 92.7 cm³/mol. The van der Waals surface area contributed by atoms with Crippen LogP contribution in [-0.2, 0) is 23.9 Å². The molecule has 0 saturated carbocycles. The maximum absolute atomic E-state index is 13.1. The zero-order chi connectivity index (χ0) is 19.4. The number of ether oxygens (including phenoxy) is 1. The first-order valence-corrected chi connectivity index (χ1v) is 8.67. The van der Waals surface area contributed by atoms with Crippen molar-refractivity contribution in [1.29, 1.82) is 0 Å². The number of benzene rings is 1. The Morgan fingerprint density at radius 1 is 1.15 bits per heavy atom. The summed E-state index contributed by atoms with van der Waals surface area (Å²) >= 11 is 0. The van der Waals surface area contributed by atoms with Crippen molar-refractivity contribution >= 4 is 29.4 Å². The summed E-state index contributed by atoms with van der Waals surface area (Å²) in [6, 6.07) is 5.32. The summed E-state index contributed by atoms with van der Waals surface area (Å²) in [4.78, 5) is 49.2. The zero-order valence-electron chi connectivity index (χ0n) is 14.5. The summed E-state index contributed by atoms with van der Waals surface area (Å²) in [5.74, 6) is -3.00. The van der Waals surface area contributed by atoms with Crippen molar-refractivity contribution in [3.05, 3.63) is 42.2 Å². The summed E-state index contributed by atoms with van der Waals surface area (Å²) in [6.07, 6.45) is 4.67. The Morgan fingerprint density at radius 3 is 2.44 bits per heavy atom. The molecule has 1 aliphatic carbocycles. The maximum Gasteiger partial charge on any atom is 0.308 e. The monoisotopic (exact) mass is 374 g/mol. The van der Waals surface area contributed by atoms with Gasteiger partial charge in [0.25, 0.3) is 5.91 Å². The van der Waals surface area contributed by atoms with E-state index in [1.807, 2.05) is 12.2 Å². The molecule has 1 N–H and O–H groups in total. The Kier molecular flexibility index (Phi) is 5.63. The molecule has 1 aromatic rings. The van der Waals surface area contributed by atoms with Gasteiger partial charge in [0.2, 0.25) is 11.8 Å². The second kappa shape index (κ2) is 8.11. The van der Waals surface area contributed by atoms with Gasteiger partial charge in [-0.3, -0.25) is 24.1 Å². The highest BCUT2D eigenvalue weighted by Crippen LogP contribution is 2.34. The number of esters is 1. The number of amides is 3. The van der Waals surface area contributed by atoms with E-state index in [4.69, 9.17) is 4.74 Å². The van der Waals surface area contributed by atoms with Crippen molar-refractivity contribution in [1.82, 2.24) is 4.90 Å². The maximum atomic E-state index is 13.1. The molecule has 0 unspecified atom stereocenters. The molecule has 1 saturated heterocycles. The Balaban J connectivity index is 1.43. The Morgan fingerprint density at radius 2 is 1.81 bits per heavy atom. The molecule has 0 aromatic heterocycles. The second-order valence-electron chi connectivity index (χ2n) is 6.45. The van der Waals surface area contributed by atoms with Gasteiger partial charge in [-0.25, -0.2) is 4.39 Å². The highest BCUT2D eigenvalue weighted by molar-refractivity contribution is 6.05. The smallest absolute Gasteiger partial charge is 0.308 e. The molecule has 3 amide bonds. The highest BCUT2D eigenvalue weighted by Gasteiger charge is 2.46. The molecule has 2 aliphatic rings. The molecule has 1 aliphatic heterocycles. The first-order valence-electron chi connectivity index (χ1n) is 8.67. The molecule has 3 rings (SSSR count). The fraction of sp³-hybridized carbons (Fsp3) is 0.368. The number of hydrogen-bond donors (Lipinski definition) is 1. The normalized spacial score (nSPS) is 21.1. The van der Waals surface area contributed by atoms with Crippen LogP contribution in [0.4, 0.5) is 10.1 Å². The average Bonchev–Trinajstić information content (AvgIpc) is 2.89. The molecule has 0 spiro atoms. The number of fused-ring (bicyclic) bond motifs is 1. The summed E-state index contributed by atoms with van der Waals surface area (Å²) in [5, 5.41) is 2.40. The number of halogens is 1. The van der Waals surface area contributed by atoms with Crippen molar-refractivity contribution in [2.45, 2.75) is 19.3 Å². The molecule has 2 atom stereocenters. The van der Waals surface area contributed by atoms with E-state index in [1.54, 1.807) is 0 Å². The van der Waals surface area contributed by atoms with Crippen LogP contribution in [0.2, 0.25) is 0 Å². The van der Waals surface area contributed by atoms with Crippen LogP contribution in [0.25, 0.3) is 0 Å². The third kappa shape index (κ3) is 4.39. The van der Waals surface area contributed by atoms with E-state index >= 15 is 0 Å². The molecule has 142 valence electrons. The molecule has 0 radical (unpaired) electrons. The van der Waals surface area contributed by atoms with Crippen molar-refractivity contribution in [2.24, 2.45) is 11.8 Å². The molecule has 0 bridgehead atoms. The lowest BCUT2D eigenvalue weighted by Gasteiger charge is -2.14. The largest absolute Gasteiger partial charge is 0.456 e. The van der Waals surface area contributed by atoms with Crippen molar-refractivity contribution < 1.29 is 28.3 Å². The van der Waals surface area contributed by atoms with Crippen molar-refractivity contribution in [3.8, 4) is 0 Å². The van der Waals surface area contributed by atoms with Crippen LogP contribution in [0, 0.1) is 17.7 Å². The van der Waals surface area contributed by atoms with Crippen LogP contribution in [0.3, 0.4) is 0 Å². The fourth-order valence-electron chi connectivity index (χ4n) is 3.27. The van der Waals surface area contributed by atoms with Crippen LogP contribution in [0.1, 0.15) is 19.3 Å². The Bertz CT molecular complexity index is 781. The minimum Gasteiger partial charge on any atom is -0.456 e. The van der Waals surface area contributed by atoms with Crippen LogP contribution in [-0.4, -0.2) is 41.7 Å². The van der Waals surface area contributed by atoms with Crippen LogP contribution < -0.4 is 5.32 Å². The first-order chi connectivity index (χ1) is 13.0. The van der Waals surface area contributed by atoms with Gasteiger partial charge in [0.05, 0.1) is 18.3 Å². The fourth-order valence-corrected chi connectivity index (χ4v) is 3.27. The van der Waals surface area contributed by atoms with E-state index in [9.17, 15) is 23.6 Å². The Hall–Kier alpha value is -3.03. The van der Waals surface area contributed by atoms with Gasteiger partial charge in [-0.05, 0) is 31.0 Å². The number of allylic oxidation sites excluding steroid dienone is 2. The average molecular weight is 374 g/mol. The quantitative estimate of drug-likeness (QED) is 0.464. The Labute approximate surface area is 155 Å². The van der Waals surface area contributed by atoms with E-state index in [0.29, 0.717) is 12.8 Å². The zero-order valence-corrected chi connectivity index (χ0v) is 14.5. The van der Waals surface area contributed by atoms with Gasteiger partial charge >= 0.3 is 5.97 Å². The number of nitrogens with zero attached hydrogens (tertiary/aromatic N) is 1. The van der Waals surface area contributed by atoms with Crippen LogP contribution >= 0.6 is 0 Å². The van der Waals surface area contributed by atoms with E-state index in [-0.39, 0.29) is 42.3 Å². The third-order valence-corrected chi connectivity index (χ3v) is 4.61. The van der Waals surface area contributed by atoms with Crippen LogP contribution in [0.5, 0.6) is 0 Å². The standard InChI is InChI=1S/C19H19FN2O5/c20-12-4-3-5-13(10-12)21-16(23)11-27-17(24)8-9-22-18(25)14-6-1-2-7-15(14)19(22)26/h1-5,10,14-15H,6-9,11H2,(H,21,23)/t14-,15-/m0/s1. The molecule has 1 fully saturated rings. The second-order valence-corrected chi connectivity index (χ2v) is 6.45. The summed E-state index contributed by atoms with van der Waals surface area (Å²) in [7, 11) is 0. The molecular formula is C19H19FN2O5. The highest BCUT2D eigenvalue weighted by atomic mass is 19.1. The molecule has 1 heterocycles. The van der Waals surface area contributed by atoms with Gasteiger partial charge < -0.3 is 10.1 Å². The number of carbonyl (C=O) groups is 4. The van der Waals surface area contributed by atoms with E-state index < -0.39 is 24.3 Å². The number of carbonyl (C=O) groups excluding carboxylic acids is 4. The minimum absolute atomic E-state index is 0.0605. The number of nitrogens with one attached hydrogen (secondary N) is 1. The topological polar surface area (TPSA) is 92.8 Å². The van der Waals surface area contributed by atoms with Gasteiger partial charge in [0.15, 0.2) is 6.61 Å². The lowest BCUT2D eigenvalue weighted by molar-refractivity contribution is -0.148. The molecule has 1 aromatic carbocycles. The van der Waals surface area contributed by atoms with Gasteiger partial charge in [-0.2, -0.15) is 0 Å². The van der Waals surface area contributed by atoms with Gasteiger partial charge in [0, 0.05) is 12.2 Å². The van der Waals surface area contributed by atoms with Crippen molar-refractivity contribution in [3.63, 3.8) is 0 Å². The van der Waals surface area contributed by atoms with Gasteiger partial charge in [-0.15, -0.1) is 0 Å². The minimum atomic E-state index is -0.696. The lowest BCUT2D eigenvalue weighted by Crippen LogP contribution is -2.33. The van der Waals surface area contributed by atoms with Crippen LogP contribution in [0.15, 0.2) is 36.4 Å². The van der Waals surface area contributed by atoms with E-state index in [2.05, 4.69) is 5.32 Å². The number of rotatable bonds is 6. The molecule has 7 nitrogen and oxygen atoms in total. The lowest BCUT2D eigenvalue weighted by atomic mass is 9.85. The summed E-state index contributed by atoms with van der Waals surface area (Å²) in [6.45, 7) is -0.596. The number of anilines is 1. The molecular weight excluding hydrogens is 355 g/mol. The molecule has 27 heavy (non-hydrogen) atoms. The summed E-state index contributed by atoms with van der Waals surface area (Å²) in [5.41, 5.74) is 0.250.